The van der Waals surface area contributed by atoms with Crippen molar-refractivity contribution in [2.24, 2.45) is 11.3 Å². The molecule has 1 amide bonds. The Hall–Kier alpha value is -0.650. The maximum Gasteiger partial charge on any atom is 0.229 e. The summed E-state index contributed by atoms with van der Waals surface area (Å²) in [6.07, 6.45) is 6.27. The van der Waals surface area contributed by atoms with Gasteiger partial charge in [-0.1, -0.05) is 26.7 Å². The van der Waals surface area contributed by atoms with Crippen molar-refractivity contribution in [3.05, 3.63) is 21.9 Å². The number of hydrogen-bond donors (Lipinski definition) is 1. The molecule has 1 unspecified atom stereocenters. The fraction of sp³-hybridized carbons (Fsp3) is 0.571. The van der Waals surface area contributed by atoms with Crippen LogP contribution in [0.3, 0.4) is 0 Å². The molecule has 18 heavy (non-hydrogen) atoms. The van der Waals surface area contributed by atoms with Gasteiger partial charge in [0.05, 0.1) is 0 Å². The predicted molar refractivity (Wildman–Crippen MR) is 81.3 cm³/mol. The summed E-state index contributed by atoms with van der Waals surface area (Å²) in [5.74, 6) is 0.877. The van der Waals surface area contributed by atoms with E-state index in [1.807, 2.05) is 12.1 Å². The Morgan fingerprint density at radius 1 is 1.44 bits per heavy atom. The highest BCUT2D eigenvalue weighted by Gasteiger charge is 2.37. The zero-order chi connectivity index (χ0) is 13.2. The van der Waals surface area contributed by atoms with Gasteiger partial charge < -0.3 is 5.32 Å². The van der Waals surface area contributed by atoms with Crippen molar-refractivity contribution < 1.29 is 4.79 Å². The van der Waals surface area contributed by atoms with Crippen molar-refractivity contribution in [2.75, 3.05) is 5.32 Å². The van der Waals surface area contributed by atoms with E-state index in [2.05, 4.69) is 46.7 Å². The number of aromatic nitrogens is 1. The molecule has 1 atom stereocenters. The monoisotopic (exact) mass is 358 g/mol. The number of anilines is 1. The van der Waals surface area contributed by atoms with Gasteiger partial charge in [-0.2, -0.15) is 0 Å². The SMILES string of the molecule is CC1(C)CCCCC1C(=O)Nc1ccc(I)cn1. The Morgan fingerprint density at radius 3 is 2.83 bits per heavy atom. The Labute approximate surface area is 122 Å². The minimum atomic E-state index is 0.103. The maximum absolute atomic E-state index is 12.3. The quantitative estimate of drug-likeness (QED) is 0.817. The van der Waals surface area contributed by atoms with Crippen LogP contribution < -0.4 is 5.32 Å². The van der Waals surface area contributed by atoms with Gasteiger partial charge in [0.1, 0.15) is 5.82 Å². The van der Waals surface area contributed by atoms with Gasteiger partial charge >= 0.3 is 0 Å². The number of hydrogen-bond acceptors (Lipinski definition) is 2. The minimum Gasteiger partial charge on any atom is -0.310 e. The molecular weight excluding hydrogens is 339 g/mol. The standard InChI is InChI=1S/C14H19IN2O/c1-14(2)8-4-3-5-11(14)13(18)17-12-7-6-10(15)9-16-12/h6-7,9,11H,3-5,8H2,1-2H3,(H,16,17,18). The largest absolute Gasteiger partial charge is 0.310 e. The maximum atomic E-state index is 12.3. The molecule has 2 rings (SSSR count). The summed E-state index contributed by atoms with van der Waals surface area (Å²) in [7, 11) is 0. The summed E-state index contributed by atoms with van der Waals surface area (Å²) >= 11 is 2.20. The highest BCUT2D eigenvalue weighted by atomic mass is 127. The fourth-order valence-electron chi connectivity index (χ4n) is 2.64. The van der Waals surface area contributed by atoms with Crippen LogP contribution in [-0.4, -0.2) is 10.9 Å². The molecule has 0 radical (unpaired) electrons. The third kappa shape index (κ3) is 3.22. The normalized spacial score (nSPS) is 22.5. The fourth-order valence-corrected chi connectivity index (χ4v) is 2.96. The molecule has 0 bridgehead atoms. The highest BCUT2D eigenvalue weighted by Crippen LogP contribution is 2.40. The van der Waals surface area contributed by atoms with E-state index in [0.717, 1.165) is 22.8 Å². The molecule has 1 aromatic heterocycles. The first kappa shape index (κ1) is 13.8. The Bertz CT molecular complexity index is 428. The molecule has 1 aromatic rings. The van der Waals surface area contributed by atoms with Gasteiger partial charge in [0.15, 0.2) is 0 Å². The Morgan fingerprint density at radius 2 is 2.22 bits per heavy atom. The lowest BCUT2D eigenvalue weighted by Gasteiger charge is -2.37. The first-order valence-corrected chi connectivity index (χ1v) is 7.49. The summed E-state index contributed by atoms with van der Waals surface area (Å²) in [6, 6.07) is 3.81. The average molecular weight is 358 g/mol. The van der Waals surface area contributed by atoms with E-state index in [-0.39, 0.29) is 17.2 Å². The number of pyridine rings is 1. The molecule has 1 aliphatic carbocycles. The van der Waals surface area contributed by atoms with E-state index in [4.69, 9.17) is 0 Å². The van der Waals surface area contributed by atoms with E-state index >= 15 is 0 Å². The van der Waals surface area contributed by atoms with Crippen molar-refractivity contribution in [1.29, 1.82) is 0 Å². The second-order valence-electron chi connectivity index (χ2n) is 5.64. The van der Waals surface area contributed by atoms with Crippen molar-refractivity contribution >= 4 is 34.3 Å². The highest BCUT2D eigenvalue weighted by molar-refractivity contribution is 14.1. The second-order valence-corrected chi connectivity index (χ2v) is 6.88. The number of nitrogens with one attached hydrogen (secondary N) is 1. The van der Waals surface area contributed by atoms with E-state index in [0.29, 0.717) is 5.82 Å². The molecule has 98 valence electrons. The van der Waals surface area contributed by atoms with Gasteiger partial charge in [-0.15, -0.1) is 0 Å². The molecule has 1 saturated carbocycles. The van der Waals surface area contributed by atoms with Crippen LogP contribution in [0.15, 0.2) is 18.3 Å². The van der Waals surface area contributed by atoms with Crippen molar-refractivity contribution in [2.45, 2.75) is 39.5 Å². The molecule has 3 nitrogen and oxygen atoms in total. The molecule has 0 spiro atoms. The average Bonchev–Trinajstić information content (AvgIpc) is 2.31. The zero-order valence-electron chi connectivity index (χ0n) is 10.9. The topological polar surface area (TPSA) is 42.0 Å². The molecule has 1 fully saturated rings. The van der Waals surface area contributed by atoms with Crippen molar-refractivity contribution in [3.63, 3.8) is 0 Å². The van der Waals surface area contributed by atoms with Crippen LogP contribution in [0.5, 0.6) is 0 Å². The summed E-state index contributed by atoms with van der Waals surface area (Å²) in [5, 5.41) is 2.94. The lowest BCUT2D eigenvalue weighted by atomic mass is 9.68. The number of rotatable bonds is 2. The molecular formula is C14H19IN2O. The summed E-state index contributed by atoms with van der Waals surface area (Å²) < 4.78 is 1.07. The van der Waals surface area contributed by atoms with E-state index in [1.54, 1.807) is 6.20 Å². The first-order valence-electron chi connectivity index (χ1n) is 6.41. The smallest absolute Gasteiger partial charge is 0.229 e. The number of amides is 1. The third-order valence-electron chi connectivity index (χ3n) is 3.80. The van der Waals surface area contributed by atoms with Crippen molar-refractivity contribution in [3.8, 4) is 0 Å². The number of nitrogens with zero attached hydrogens (tertiary/aromatic N) is 1. The summed E-state index contributed by atoms with van der Waals surface area (Å²) in [6.45, 7) is 4.38. The van der Waals surface area contributed by atoms with Crippen LogP contribution in [0.1, 0.15) is 39.5 Å². The molecule has 0 aromatic carbocycles. The molecule has 4 heteroatoms. The van der Waals surface area contributed by atoms with Crippen LogP contribution in [0.4, 0.5) is 5.82 Å². The minimum absolute atomic E-state index is 0.103. The molecule has 1 aliphatic rings. The number of carbonyl (C=O) groups excluding carboxylic acids is 1. The van der Waals surface area contributed by atoms with Crippen LogP contribution in [-0.2, 0) is 4.79 Å². The molecule has 1 heterocycles. The lowest BCUT2D eigenvalue weighted by molar-refractivity contribution is -0.124. The van der Waals surface area contributed by atoms with E-state index < -0.39 is 0 Å². The van der Waals surface area contributed by atoms with Gasteiger partial charge in [0, 0.05) is 15.7 Å². The summed E-state index contributed by atoms with van der Waals surface area (Å²) in [5.41, 5.74) is 0.103. The van der Waals surface area contributed by atoms with Gasteiger partial charge in [-0.05, 0) is 53.0 Å². The molecule has 0 aliphatic heterocycles. The molecule has 1 N–H and O–H groups in total. The number of halogens is 1. The van der Waals surface area contributed by atoms with Crippen LogP contribution in [0, 0.1) is 14.9 Å². The van der Waals surface area contributed by atoms with Gasteiger partial charge in [-0.3, -0.25) is 4.79 Å². The zero-order valence-corrected chi connectivity index (χ0v) is 13.0. The van der Waals surface area contributed by atoms with E-state index in [1.165, 1.54) is 6.42 Å². The van der Waals surface area contributed by atoms with Gasteiger partial charge in [0.2, 0.25) is 5.91 Å². The van der Waals surface area contributed by atoms with Crippen LogP contribution >= 0.6 is 22.6 Å². The van der Waals surface area contributed by atoms with Crippen LogP contribution in [0.2, 0.25) is 0 Å². The second kappa shape index (κ2) is 5.55. The van der Waals surface area contributed by atoms with E-state index in [9.17, 15) is 4.79 Å². The Kier molecular flexibility index (Phi) is 4.25. The van der Waals surface area contributed by atoms with Gasteiger partial charge in [-0.25, -0.2) is 4.98 Å². The lowest BCUT2D eigenvalue weighted by Crippen LogP contribution is -2.37. The first-order chi connectivity index (χ1) is 8.49. The summed E-state index contributed by atoms with van der Waals surface area (Å²) in [4.78, 5) is 16.5. The van der Waals surface area contributed by atoms with Crippen molar-refractivity contribution in [1.82, 2.24) is 4.98 Å². The van der Waals surface area contributed by atoms with Crippen LogP contribution in [0.25, 0.3) is 0 Å². The Balaban J connectivity index is 2.05. The number of carbonyl (C=O) groups is 1. The molecule has 0 saturated heterocycles. The predicted octanol–water partition coefficient (Wildman–Crippen LogP) is 3.84. The van der Waals surface area contributed by atoms with Gasteiger partial charge in [0.25, 0.3) is 0 Å². The third-order valence-corrected chi connectivity index (χ3v) is 4.44.